The predicted molar refractivity (Wildman–Crippen MR) is 84.5 cm³/mol. The van der Waals surface area contributed by atoms with Gasteiger partial charge < -0.3 is 15.3 Å². The van der Waals surface area contributed by atoms with Crippen LogP contribution in [0.1, 0.15) is 42.1 Å². The van der Waals surface area contributed by atoms with Crippen LogP contribution < -0.4 is 5.32 Å². The lowest BCUT2D eigenvalue weighted by Gasteiger charge is -2.25. The number of carbonyl (C=O) groups is 2. The third-order valence-electron chi connectivity index (χ3n) is 3.99. The Balaban J connectivity index is 1.88. The average molecular weight is 304 g/mol. The molecule has 1 fully saturated rings. The summed E-state index contributed by atoms with van der Waals surface area (Å²) in [6.07, 6.45) is 2.05. The maximum Gasteiger partial charge on any atom is 0.251 e. The molecule has 120 valence electrons. The van der Waals surface area contributed by atoms with E-state index in [2.05, 4.69) is 5.32 Å². The molecule has 1 aliphatic heterocycles. The number of aliphatic hydroxyl groups excluding tert-OH is 1. The van der Waals surface area contributed by atoms with Gasteiger partial charge in [-0.1, -0.05) is 17.7 Å². The molecule has 0 spiro atoms. The summed E-state index contributed by atoms with van der Waals surface area (Å²) in [7, 11) is 0. The zero-order chi connectivity index (χ0) is 16.1. The molecule has 1 saturated heterocycles. The van der Waals surface area contributed by atoms with Gasteiger partial charge >= 0.3 is 0 Å². The first kappa shape index (κ1) is 16.5. The zero-order valence-electron chi connectivity index (χ0n) is 13.2. The molecule has 0 radical (unpaired) electrons. The fraction of sp³-hybridized carbons (Fsp3) is 0.529. The van der Waals surface area contributed by atoms with Crippen molar-refractivity contribution in [3.8, 4) is 0 Å². The Labute approximate surface area is 131 Å². The molecule has 0 saturated carbocycles. The summed E-state index contributed by atoms with van der Waals surface area (Å²) >= 11 is 0. The molecule has 1 aromatic rings. The van der Waals surface area contributed by atoms with E-state index in [1.54, 1.807) is 24.0 Å². The second kappa shape index (κ2) is 7.40. The standard InChI is InChI=1S/C17H24N2O3/c1-12-5-3-6-14(9-12)17(22)18-11-16(21)19-8-4-7-15(19)10-13(2)20/h3,5-6,9,13,15,20H,4,7-8,10-11H2,1-2H3,(H,18,22). The molecule has 2 unspecified atom stereocenters. The van der Waals surface area contributed by atoms with Gasteiger partial charge in [-0.15, -0.1) is 0 Å². The van der Waals surface area contributed by atoms with Gasteiger partial charge in [0, 0.05) is 18.2 Å². The zero-order valence-corrected chi connectivity index (χ0v) is 13.2. The Hall–Kier alpha value is -1.88. The Kier molecular flexibility index (Phi) is 5.55. The van der Waals surface area contributed by atoms with E-state index in [-0.39, 0.29) is 24.4 Å². The lowest BCUT2D eigenvalue weighted by Crippen LogP contribution is -2.43. The first-order chi connectivity index (χ1) is 10.5. The number of nitrogens with zero attached hydrogens (tertiary/aromatic N) is 1. The van der Waals surface area contributed by atoms with Gasteiger partial charge in [0.15, 0.2) is 0 Å². The number of hydrogen-bond donors (Lipinski definition) is 2. The number of carbonyl (C=O) groups excluding carboxylic acids is 2. The molecule has 5 heteroatoms. The maximum atomic E-state index is 12.3. The Bertz CT molecular complexity index is 542. The Morgan fingerprint density at radius 3 is 2.91 bits per heavy atom. The van der Waals surface area contributed by atoms with Crippen molar-refractivity contribution in [2.75, 3.05) is 13.1 Å². The molecule has 1 aromatic carbocycles. The lowest BCUT2D eigenvalue weighted by atomic mass is 10.1. The van der Waals surface area contributed by atoms with Gasteiger partial charge in [-0.2, -0.15) is 0 Å². The van der Waals surface area contributed by atoms with Gasteiger partial charge in [-0.05, 0) is 45.2 Å². The smallest absolute Gasteiger partial charge is 0.251 e. The molecule has 0 aromatic heterocycles. The van der Waals surface area contributed by atoms with Crippen LogP contribution in [0.3, 0.4) is 0 Å². The molecular weight excluding hydrogens is 280 g/mol. The van der Waals surface area contributed by atoms with Gasteiger partial charge in [0.2, 0.25) is 5.91 Å². The minimum absolute atomic E-state index is 0.00306. The van der Waals surface area contributed by atoms with E-state index < -0.39 is 6.10 Å². The van der Waals surface area contributed by atoms with Crippen molar-refractivity contribution in [3.63, 3.8) is 0 Å². The molecule has 0 aliphatic carbocycles. The second-order valence-electron chi connectivity index (χ2n) is 6.02. The number of amides is 2. The minimum atomic E-state index is -0.416. The van der Waals surface area contributed by atoms with Crippen LogP contribution in [0.15, 0.2) is 24.3 Å². The number of hydrogen-bond acceptors (Lipinski definition) is 3. The van der Waals surface area contributed by atoms with Gasteiger partial charge in [0.05, 0.1) is 12.6 Å². The van der Waals surface area contributed by atoms with Crippen LogP contribution in [0, 0.1) is 6.92 Å². The molecular formula is C17H24N2O3. The predicted octanol–water partition coefficient (Wildman–Crippen LogP) is 1.49. The van der Waals surface area contributed by atoms with Gasteiger partial charge in [-0.3, -0.25) is 9.59 Å². The Morgan fingerprint density at radius 1 is 1.45 bits per heavy atom. The van der Waals surface area contributed by atoms with Crippen molar-refractivity contribution < 1.29 is 14.7 Å². The number of benzene rings is 1. The van der Waals surface area contributed by atoms with Crippen molar-refractivity contribution in [1.29, 1.82) is 0 Å². The summed E-state index contributed by atoms with van der Waals surface area (Å²) in [6, 6.07) is 7.37. The highest BCUT2D eigenvalue weighted by Gasteiger charge is 2.29. The van der Waals surface area contributed by atoms with Crippen LogP contribution >= 0.6 is 0 Å². The van der Waals surface area contributed by atoms with Crippen molar-refractivity contribution >= 4 is 11.8 Å². The summed E-state index contributed by atoms with van der Waals surface area (Å²) < 4.78 is 0. The molecule has 2 rings (SSSR count). The van der Waals surface area contributed by atoms with Crippen LogP contribution in [0.2, 0.25) is 0 Å². The lowest BCUT2D eigenvalue weighted by molar-refractivity contribution is -0.131. The fourth-order valence-electron chi connectivity index (χ4n) is 2.95. The van der Waals surface area contributed by atoms with E-state index in [1.165, 1.54) is 0 Å². The van der Waals surface area contributed by atoms with Crippen molar-refractivity contribution in [3.05, 3.63) is 35.4 Å². The number of likely N-dealkylation sites (tertiary alicyclic amines) is 1. The monoisotopic (exact) mass is 304 g/mol. The van der Waals surface area contributed by atoms with E-state index in [1.807, 2.05) is 19.1 Å². The van der Waals surface area contributed by atoms with Crippen LogP contribution in [-0.4, -0.2) is 47.1 Å². The van der Waals surface area contributed by atoms with Crippen molar-refractivity contribution in [2.24, 2.45) is 0 Å². The summed E-state index contributed by atoms with van der Waals surface area (Å²) in [6.45, 7) is 4.37. The molecule has 1 heterocycles. The molecule has 22 heavy (non-hydrogen) atoms. The summed E-state index contributed by atoms with van der Waals surface area (Å²) in [5.41, 5.74) is 1.57. The topological polar surface area (TPSA) is 69.6 Å². The molecule has 5 nitrogen and oxygen atoms in total. The Morgan fingerprint density at radius 2 is 2.23 bits per heavy atom. The normalized spacial score (nSPS) is 19.0. The van der Waals surface area contributed by atoms with E-state index in [0.717, 1.165) is 18.4 Å². The largest absolute Gasteiger partial charge is 0.393 e. The molecule has 2 N–H and O–H groups in total. The van der Waals surface area contributed by atoms with E-state index >= 15 is 0 Å². The van der Waals surface area contributed by atoms with Crippen LogP contribution in [0.5, 0.6) is 0 Å². The van der Waals surface area contributed by atoms with Gasteiger partial charge in [-0.25, -0.2) is 0 Å². The highest BCUT2D eigenvalue weighted by Crippen LogP contribution is 2.21. The van der Waals surface area contributed by atoms with Crippen molar-refractivity contribution in [2.45, 2.75) is 45.3 Å². The summed E-state index contributed by atoms with van der Waals surface area (Å²) in [5, 5.41) is 12.2. The highest BCUT2D eigenvalue weighted by molar-refractivity contribution is 5.96. The van der Waals surface area contributed by atoms with Crippen molar-refractivity contribution in [1.82, 2.24) is 10.2 Å². The van der Waals surface area contributed by atoms with E-state index in [9.17, 15) is 14.7 Å². The van der Waals surface area contributed by atoms with E-state index in [4.69, 9.17) is 0 Å². The SMILES string of the molecule is Cc1cccc(C(=O)NCC(=O)N2CCCC2CC(C)O)c1. The first-order valence-electron chi connectivity index (χ1n) is 7.80. The van der Waals surface area contributed by atoms with Gasteiger partial charge in [0.25, 0.3) is 5.91 Å². The van der Waals surface area contributed by atoms with E-state index in [0.29, 0.717) is 18.5 Å². The van der Waals surface area contributed by atoms with Crippen LogP contribution in [0.25, 0.3) is 0 Å². The van der Waals surface area contributed by atoms with Gasteiger partial charge in [0.1, 0.15) is 0 Å². The number of aliphatic hydroxyl groups is 1. The number of nitrogens with one attached hydrogen (secondary N) is 1. The molecule has 1 aliphatic rings. The summed E-state index contributed by atoms with van der Waals surface area (Å²) in [5.74, 6) is -0.313. The first-order valence-corrected chi connectivity index (χ1v) is 7.80. The number of aryl methyl sites for hydroxylation is 1. The molecule has 0 bridgehead atoms. The van der Waals surface area contributed by atoms with Crippen LogP contribution in [-0.2, 0) is 4.79 Å². The summed E-state index contributed by atoms with van der Waals surface area (Å²) in [4.78, 5) is 26.1. The fourth-order valence-corrected chi connectivity index (χ4v) is 2.95. The molecule has 2 amide bonds. The maximum absolute atomic E-state index is 12.3. The third kappa shape index (κ3) is 4.31. The minimum Gasteiger partial charge on any atom is -0.393 e. The molecule has 2 atom stereocenters. The van der Waals surface area contributed by atoms with Crippen LogP contribution in [0.4, 0.5) is 0 Å². The third-order valence-corrected chi connectivity index (χ3v) is 3.99. The highest BCUT2D eigenvalue weighted by atomic mass is 16.3. The number of rotatable bonds is 5. The quantitative estimate of drug-likeness (QED) is 0.866. The average Bonchev–Trinajstić information content (AvgIpc) is 2.91. The second-order valence-corrected chi connectivity index (χ2v) is 6.02.